The molecular formula is C33H47N3O6. The Morgan fingerprint density at radius 1 is 1.21 bits per heavy atom. The molecule has 9 heteroatoms. The highest BCUT2D eigenvalue weighted by Crippen LogP contribution is 2.48. The zero-order valence-electron chi connectivity index (χ0n) is 26.5. The predicted octanol–water partition coefficient (Wildman–Crippen LogP) is 4.63. The molecule has 0 aromatic heterocycles. The quantitative estimate of drug-likeness (QED) is 0.410. The number of hydrogen-bond donors (Lipinski definition) is 1. The second-order valence-corrected chi connectivity index (χ2v) is 12.7. The van der Waals surface area contributed by atoms with E-state index < -0.39 is 29.8 Å². The minimum Gasteiger partial charge on any atom is -0.457 e. The van der Waals surface area contributed by atoms with Gasteiger partial charge in [0, 0.05) is 31.1 Å². The summed E-state index contributed by atoms with van der Waals surface area (Å²) in [5, 5.41) is 2.93. The molecule has 1 N–H and O–H groups in total. The SMILES string of the molecule is C/C1=C\C=C\C[C@H]2C[C@H](OC(=O)N2)[C@@H](C)C2O[C@@]2(C)[C@@H](OC(=O)[C@H](C)N(C)C)CC(=O)N(C)c2cc(cc(C)c2C)C1. The lowest BCUT2D eigenvalue weighted by atomic mass is 9.85. The average molecular weight is 582 g/mol. The topological polar surface area (TPSA) is 101 Å². The number of nitrogens with zero attached hydrogens (tertiary/aromatic N) is 2. The molecule has 4 rings (SSSR count). The maximum Gasteiger partial charge on any atom is 0.407 e. The van der Waals surface area contributed by atoms with Crippen LogP contribution in [0.5, 0.6) is 0 Å². The van der Waals surface area contributed by atoms with Crippen LogP contribution in [0.25, 0.3) is 0 Å². The Balaban J connectivity index is 1.72. The number of rotatable bonds is 3. The van der Waals surface area contributed by atoms with Gasteiger partial charge in [0.15, 0.2) is 0 Å². The van der Waals surface area contributed by atoms with E-state index in [1.807, 2.05) is 40.9 Å². The summed E-state index contributed by atoms with van der Waals surface area (Å²) >= 11 is 0. The number of amides is 2. The maximum atomic E-state index is 13.9. The van der Waals surface area contributed by atoms with Gasteiger partial charge in [0.05, 0.1) is 12.5 Å². The van der Waals surface area contributed by atoms with Crippen molar-refractivity contribution in [3.63, 3.8) is 0 Å². The van der Waals surface area contributed by atoms with Crippen molar-refractivity contribution in [1.82, 2.24) is 10.2 Å². The van der Waals surface area contributed by atoms with E-state index in [0.717, 1.165) is 28.8 Å². The molecule has 0 spiro atoms. The lowest BCUT2D eigenvalue weighted by Crippen LogP contribution is -2.49. The number of epoxide rings is 1. The standard InChI is InChI=1S/C33H47N3O6/c1-19-12-10-11-13-25-17-27(40-32(39)34-25)22(4)30-33(6,42-30)28(41-31(38)23(5)35(7)8)18-29(37)36(9)26-16-24(14-19)15-20(2)21(26)3/h10-12,15-16,22-23,25,27-28,30H,13-14,17-18H2,1-9H3,(H,34,39)/b11-10+,19-12+/t22-,23+,25+,27+,28+,30?,33+/m1/s1. The fourth-order valence-electron chi connectivity index (χ4n) is 5.99. The first-order chi connectivity index (χ1) is 19.7. The van der Waals surface area contributed by atoms with E-state index in [1.54, 1.807) is 23.8 Å². The smallest absolute Gasteiger partial charge is 0.407 e. The number of allylic oxidation sites excluding steroid dienone is 3. The minimum atomic E-state index is -0.902. The largest absolute Gasteiger partial charge is 0.457 e. The van der Waals surface area contributed by atoms with Crippen molar-refractivity contribution in [2.24, 2.45) is 5.92 Å². The van der Waals surface area contributed by atoms with Gasteiger partial charge in [-0.15, -0.1) is 0 Å². The zero-order chi connectivity index (χ0) is 30.9. The van der Waals surface area contributed by atoms with E-state index in [9.17, 15) is 14.4 Å². The van der Waals surface area contributed by atoms with Gasteiger partial charge in [-0.05, 0) is 84.3 Å². The van der Waals surface area contributed by atoms with Gasteiger partial charge in [-0.3, -0.25) is 14.5 Å². The molecule has 3 heterocycles. The summed E-state index contributed by atoms with van der Waals surface area (Å²) in [5.41, 5.74) is 4.36. The lowest BCUT2D eigenvalue weighted by Gasteiger charge is -2.33. The van der Waals surface area contributed by atoms with Crippen molar-refractivity contribution in [2.45, 2.75) is 103 Å². The van der Waals surface area contributed by atoms with Crippen molar-refractivity contribution >= 4 is 23.7 Å². The van der Waals surface area contributed by atoms with Crippen LogP contribution in [0.1, 0.15) is 63.6 Å². The van der Waals surface area contributed by atoms with Gasteiger partial charge in [-0.1, -0.05) is 36.8 Å². The Bertz CT molecular complexity index is 1270. The van der Waals surface area contributed by atoms with Crippen LogP contribution in [0.2, 0.25) is 0 Å². The van der Waals surface area contributed by atoms with E-state index in [1.165, 1.54) is 5.57 Å². The van der Waals surface area contributed by atoms with Crippen LogP contribution in [0.3, 0.4) is 0 Å². The number of esters is 1. The fourth-order valence-corrected chi connectivity index (χ4v) is 5.99. The Morgan fingerprint density at radius 2 is 1.93 bits per heavy atom. The number of likely N-dealkylation sites (N-methyl/N-ethyl adjacent to an activating group) is 1. The van der Waals surface area contributed by atoms with E-state index >= 15 is 0 Å². The predicted molar refractivity (Wildman–Crippen MR) is 162 cm³/mol. The first-order valence-electron chi connectivity index (χ1n) is 14.9. The molecule has 1 unspecified atom stereocenters. The number of carbonyl (C=O) groups is 3. The first-order valence-corrected chi connectivity index (χ1v) is 14.9. The molecule has 230 valence electrons. The number of hydrogen-bond acceptors (Lipinski definition) is 7. The highest BCUT2D eigenvalue weighted by Gasteiger charge is 2.63. The summed E-state index contributed by atoms with van der Waals surface area (Å²) in [4.78, 5) is 42.9. The number of ether oxygens (including phenoxy) is 3. The van der Waals surface area contributed by atoms with Gasteiger partial charge in [0.1, 0.15) is 23.9 Å². The van der Waals surface area contributed by atoms with Crippen molar-refractivity contribution in [3.05, 3.63) is 52.6 Å². The van der Waals surface area contributed by atoms with Crippen LogP contribution in [0, 0.1) is 19.8 Å². The highest BCUT2D eigenvalue weighted by molar-refractivity contribution is 5.94. The van der Waals surface area contributed by atoms with Crippen molar-refractivity contribution in [3.8, 4) is 0 Å². The van der Waals surface area contributed by atoms with E-state index in [4.69, 9.17) is 14.2 Å². The molecule has 0 radical (unpaired) electrons. The minimum absolute atomic E-state index is 0.0394. The number of carbonyl (C=O) groups excluding carboxylic acids is 3. The van der Waals surface area contributed by atoms with Crippen LogP contribution in [0.4, 0.5) is 10.5 Å². The number of aryl methyl sites for hydroxylation is 1. The van der Waals surface area contributed by atoms with Crippen LogP contribution in [0.15, 0.2) is 35.9 Å². The van der Waals surface area contributed by atoms with E-state index in [-0.39, 0.29) is 36.5 Å². The van der Waals surface area contributed by atoms with Crippen LogP contribution < -0.4 is 10.2 Å². The third-order valence-electron chi connectivity index (χ3n) is 9.28. The molecule has 1 aromatic rings. The molecule has 7 atom stereocenters. The summed E-state index contributed by atoms with van der Waals surface area (Å²) in [7, 11) is 5.39. The molecular weight excluding hydrogens is 534 g/mol. The van der Waals surface area contributed by atoms with Crippen molar-refractivity contribution in [1.29, 1.82) is 0 Å². The van der Waals surface area contributed by atoms with Crippen LogP contribution in [-0.2, 0) is 30.2 Å². The summed E-state index contributed by atoms with van der Waals surface area (Å²) in [5.74, 6) is -0.758. The second kappa shape index (κ2) is 12.6. The summed E-state index contributed by atoms with van der Waals surface area (Å²) in [6, 6.07) is 3.67. The molecule has 2 saturated heterocycles. The van der Waals surface area contributed by atoms with Gasteiger partial charge in [-0.2, -0.15) is 0 Å². The second-order valence-electron chi connectivity index (χ2n) is 12.7. The average Bonchev–Trinajstić information content (AvgIpc) is 3.62. The molecule has 2 fully saturated rings. The van der Waals surface area contributed by atoms with Crippen molar-refractivity contribution < 1.29 is 28.6 Å². The van der Waals surface area contributed by atoms with E-state index in [2.05, 4.69) is 43.4 Å². The fraction of sp³-hybridized carbons (Fsp3) is 0.606. The first kappa shape index (κ1) is 31.8. The summed E-state index contributed by atoms with van der Waals surface area (Å²) in [6.45, 7) is 11.8. The monoisotopic (exact) mass is 581 g/mol. The lowest BCUT2D eigenvalue weighted by molar-refractivity contribution is -0.158. The molecule has 0 aliphatic carbocycles. The summed E-state index contributed by atoms with van der Waals surface area (Å²) in [6.07, 6.45) is 6.24. The Kier molecular flexibility index (Phi) is 9.52. The van der Waals surface area contributed by atoms with Gasteiger partial charge < -0.3 is 24.4 Å². The van der Waals surface area contributed by atoms with Crippen molar-refractivity contribution in [2.75, 3.05) is 26.0 Å². The maximum absolute atomic E-state index is 13.9. The molecule has 4 bridgehead atoms. The summed E-state index contributed by atoms with van der Waals surface area (Å²) < 4.78 is 18.0. The Morgan fingerprint density at radius 3 is 2.62 bits per heavy atom. The Labute approximate surface area is 250 Å². The van der Waals surface area contributed by atoms with Crippen LogP contribution in [-0.4, -0.2) is 80.0 Å². The molecule has 42 heavy (non-hydrogen) atoms. The van der Waals surface area contributed by atoms with Gasteiger partial charge >= 0.3 is 12.1 Å². The molecule has 9 nitrogen and oxygen atoms in total. The number of nitrogens with one attached hydrogen (secondary N) is 1. The third kappa shape index (κ3) is 6.89. The normalized spacial score (nSPS) is 33.0. The number of benzene rings is 1. The third-order valence-corrected chi connectivity index (χ3v) is 9.28. The number of fused-ring (bicyclic) bond motifs is 5. The number of anilines is 1. The van der Waals surface area contributed by atoms with Gasteiger partial charge in [-0.25, -0.2) is 4.79 Å². The van der Waals surface area contributed by atoms with Gasteiger partial charge in [0.25, 0.3) is 0 Å². The molecule has 1 aromatic carbocycles. The number of alkyl carbamates (subject to hydrolysis) is 1. The zero-order valence-corrected chi connectivity index (χ0v) is 26.5. The molecule has 3 aliphatic heterocycles. The highest BCUT2D eigenvalue weighted by atomic mass is 16.7. The molecule has 3 aliphatic rings. The van der Waals surface area contributed by atoms with E-state index in [0.29, 0.717) is 12.8 Å². The van der Waals surface area contributed by atoms with Gasteiger partial charge in [0.2, 0.25) is 5.91 Å². The molecule has 0 saturated carbocycles. The van der Waals surface area contributed by atoms with Crippen LogP contribution >= 0.6 is 0 Å². The Hall–Kier alpha value is -3.17. The molecule has 2 amide bonds.